The van der Waals surface area contributed by atoms with E-state index in [-0.39, 0.29) is 6.29 Å². The third-order valence-electron chi connectivity index (χ3n) is 3.31. The average molecular weight is 213 g/mol. The van der Waals surface area contributed by atoms with Crippen molar-refractivity contribution in [1.82, 2.24) is 5.32 Å². The summed E-state index contributed by atoms with van der Waals surface area (Å²) >= 11 is 0. The van der Waals surface area contributed by atoms with Crippen LogP contribution in [0.15, 0.2) is 0 Å². The zero-order valence-corrected chi connectivity index (χ0v) is 9.54. The van der Waals surface area contributed by atoms with Crippen molar-refractivity contribution < 1.29 is 9.47 Å². The Hall–Kier alpha value is -0.120. The zero-order valence-electron chi connectivity index (χ0n) is 9.54. The summed E-state index contributed by atoms with van der Waals surface area (Å²) in [6, 6.07) is 0. The highest BCUT2D eigenvalue weighted by Crippen LogP contribution is 2.15. The highest BCUT2D eigenvalue weighted by molar-refractivity contribution is 4.73. The molecule has 0 radical (unpaired) electrons. The monoisotopic (exact) mass is 213 g/mol. The normalized spacial score (nSPS) is 27.6. The fourth-order valence-electron chi connectivity index (χ4n) is 2.15. The molecule has 0 saturated carbocycles. The molecule has 0 aromatic rings. The van der Waals surface area contributed by atoms with Crippen LogP contribution in [0.2, 0.25) is 0 Å². The van der Waals surface area contributed by atoms with E-state index in [9.17, 15) is 0 Å². The van der Waals surface area contributed by atoms with Crippen molar-refractivity contribution in [2.24, 2.45) is 5.92 Å². The van der Waals surface area contributed by atoms with Gasteiger partial charge in [-0.05, 0) is 51.1 Å². The van der Waals surface area contributed by atoms with Crippen LogP contribution in [0, 0.1) is 5.92 Å². The van der Waals surface area contributed by atoms with E-state index in [0.717, 1.165) is 25.6 Å². The van der Waals surface area contributed by atoms with Gasteiger partial charge in [0.25, 0.3) is 0 Å². The Labute approximate surface area is 92.5 Å². The van der Waals surface area contributed by atoms with Crippen LogP contribution >= 0.6 is 0 Å². The first-order chi connectivity index (χ1) is 7.45. The number of hydrogen-bond acceptors (Lipinski definition) is 3. The lowest BCUT2D eigenvalue weighted by atomic mass is 9.97. The quantitative estimate of drug-likeness (QED) is 0.684. The Morgan fingerprint density at radius 3 is 2.80 bits per heavy atom. The SMILES string of the molecule is C(CCC1CNC1)COC1CCCCO1. The molecule has 0 spiro atoms. The van der Waals surface area contributed by atoms with Gasteiger partial charge >= 0.3 is 0 Å². The molecule has 1 unspecified atom stereocenters. The molecule has 1 N–H and O–H groups in total. The third kappa shape index (κ3) is 4.09. The molecule has 3 nitrogen and oxygen atoms in total. The molecule has 0 aromatic carbocycles. The van der Waals surface area contributed by atoms with Gasteiger partial charge in [0.1, 0.15) is 0 Å². The summed E-state index contributed by atoms with van der Waals surface area (Å²) in [5.74, 6) is 0.941. The second-order valence-corrected chi connectivity index (χ2v) is 4.69. The highest BCUT2D eigenvalue weighted by Gasteiger charge is 2.16. The van der Waals surface area contributed by atoms with Gasteiger partial charge in [0.15, 0.2) is 6.29 Å². The van der Waals surface area contributed by atoms with Crippen LogP contribution in [-0.2, 0) is 9.47 Å². The molecule has 0 aromatic heterocycles. The van der Waals surface area contributed by atoms with Gasteiger partial charge in [0, 0.05) is 13.2 Å². The smallest absolute Gasteiger partial charge is 0.157 e. The second kappa shape index (κ2) is 6.46. The first-order valence-electron chi connectivity index (χ1n) is 6.39. The van der Waals surface area contributed by atoms with E-state index in [1.165, 1.54) is 45.2 Å². The topological polar surface area (TPSA) is 30.5 Å². The van der Waals surface area contributed by atoms with Crippen LogP contribution in [0.25, 0.3) is 0 Å². The van der Waals surface area contributed by atoms with E-state index in [1.807, 2.05) is 0 Å². The maximum absolute atomic E-state index is 5.68. The number of hydrogen-bond donors (Lipinski definition) is 1. The van der Waals surface area contributed by atoms with Crippen molar-refractivity contribution in [1.29, 1.82) is 0 Å². The van der Waals surface area contributed by atoms with Gasteiger partial charge in [-0.2, -0.15) is 0 Å². The lowest BCUT2D eigenvalue weighted by Gasteiger charge is -2.27. The van der Waals surface area contributed by atoms with Gasteiger partial charge in [0.2, 0.25) is 0 Å². The summed E-state index contributed by atoms with van der Waals surface area (Å²) in [5.41, 5.74) is 0. The average Bonchev–Trinajstić information content (AvgIpc) is 2.22. The molecule has 15 heavy (non-hydrogen) atoms. The minimum Gasteiger partial charge on any atom is -0.353 e. The minimum absolute atomic E-state index is 0.101. The first kappa shape index (κ1) is 11.4. The molecule has 88 valence electrons. The fourth-order valence-corrected chi connectivity index (χ4v) is 2.15. The molecule has 3 heteroatoms. The summed E-state index contributed by atoms with van der Waals surface area (Å²) in [6.07, 6.45) is 7.51. The summed E-state index contributed by atoms with van der Waals surface area (Å²) < 4.78 is 11.2. The highest BCUT2D eigenvalue weighted by atomic mass is 16.7. The van der Waals surface area contributed by atoms with Gasteiger partial charge in [-0.15, -0.1) is 0 Å². The van der Waals surface area contributed by atoms with Crippen LogP contribution in [0.3, 0.4) is 0 Å². The van der Waals surface area contributed by atoms with Gasteiger partial charge < -0.3 is 14.8 Å². The van der Waals surface area contributed by atoms with E-state index >= 15 is 0 Å². The summed E-state index contributed by atoms with van der Waals surface area (Å²) in [4.78, 5) is 0. The molecule has 2 rings (SSSR count). The number of rotatable bonds is 6. The van der Waals surface area contributed by atoms with E-state index in [1.54, 1.807) is 0 Å². The van der Waals surface area contributed by atoms with Crippen molar-refractivity contribution in [3.63, 3.8) is 0 Å². The lowest BCUT2D eigenvalue weighted by Crippen LogP contribution is -2.41. The van der Waals surface area contributed by atoms with Crippen LogP contribution < -0.4 is 5.32 Å². The Bertz CT molecular complexity index is 165. The summed E-state index contributed by atoms with van der Waals surface area (Å²) in [6.45, 7) is 4.22. The van der Waals surface area contributed by atoms with Gasteiger partial charge in [-0.3, -0.25) is 0 Å². The standard InChI is InChI=1S/C12H23NO2/c1(5-11-9-13-10-11)3-7-14-12-6-2-4-8-15-12/h11-13H,1-10H2. The van der Waals surface area contributed by atoms with Crippen LogP contribution in [0.4, 0.5) is 0 Å². The van der Waals surface area contributed by atoms with E-state index < -0.39 is 0 Å². The summed E-state index contributed by atoms with van der Waals surface area (Å²) in [5, 5.41) is 3.30. The maximum Gasteiger partial charge on any atom is 0.157 e. The first-order valence-corrected chi connectivity index (χ1v) is 6.39. The van der Waals surface area contributed by atoms with Gasteiger partial charge in [-0.25, -0.2) is 0 Å². The molecule has 2 saturated heterocycles. The number of nitrogens with one attached hydrogen (secondary N) is 1. The summed E-state index contributed by atoms with van der Waals surface area (Å²) in [7, 11) is 0. The molecule has 2 aliphatic rings. The van der Waals surface area contributed by atoms with Crippen LogP contribution in [-0.4, -0.2) is 32.6 Å². The molecule has 2 fully saturated rings. The Morgan fingerprint density at radius 1 is 1.20 bits per heavy atom. The Kier molecular flexibility index (Phi) is 4.90. The van der Waals surface area contributed by atoms with Gasteiger partial charge in [0.05, 0.1) is 0 Å². The molecule has 2 aliphatic heterocycles. The maximum atomic E-state index is 5.68. The van der Waals surface area contributed by atoms with Crippen molar-refractivity contribution in [2.45, 2.75) is 44.8 Å². The van der Waals surface area contributed by atoms with Crippen LogP contribution in [0.5, 0.6) is 0 Å². The number of ether oxygens (including phenoxy) is 2. The minimum atomic E-state index is 0.101. The van der Waals surface area contributed by atoms with E-state index in [0.29, 0.717) is 0 Å². The predicted molar refractivity (Wildman–Crippen MR) is 59.8 cm³/mol. The van der Waals surface area contributed by atoms with Gasteiger partial charge in [-0.1, -0.05) is 6.42 Å². The fraction of sp³-hybridized carbons (Fsp3) is 1.00. The lowest BCUT2D eigenvalue weighted by molar-refractivity contribution is -0.162. The van der Waals surface area contributed by atoms with Crippen molar-refractivity contribution in [3.8, 4) is 0 Å². The molecule has 0 bridgehead atoms. The third-order valence-corrected chi connectivity index (χ3v) is 3.31. The molecule has 0 amide bonds. The Balaban J connectivity index is 1.40. The van der Waals surface area contributed by atoms with Crippen molar-refractivity contribution in [2.75, 3.05) is 26.3 Å². The van der Waals surface area contributed by atoms with Crippen molar-refractivity contribution >= 4 is 0 Å². The molecular formula is C12H23NO2. The molecule has 0 aliphatic carbocycles. The second-order valence-electron chi connectivity index (χ2n) is 4.69. The van der Waals surface area contributed by atoms with E-state index in [2.05, 4.69) is 5.32 Å². The largest absolute Gasteiger partial charge is 0.353 e. The molecule has 2 heterocycles. The van der Waals surface area contributed by atoms with Crippen LogP contribution in [0.1, 0.15) is 38.5 Å². The Morgan fingerprint density at radius 2 is 2.13 bits per heavy atom. The van der Waals surface area contributed by atoms with E-state index in [4.69, 9.17) is 9.47 Å². The zero-order chi connectivity index (χ0) is 10.3. The molecular weight excluding hydrogens is 190 g/mol. The molecule has 1 atom stereocenters. The predicted octanol–water partition coefficient (Wildman–Crippen LogP) is 1.92. The van der Waals surface area contributed by atoms with Crippen molar-refractivity contribution in [3.05, 3.63) is 0 Å². The number of unbranched alkanes of at least 4 members (excludes halogenated alkanes) is 1.